The van der Waals surface area contributed by atoms with Crippen LogP contribution in [-0.4, -0.2) is 36.8 Å². The van der Waals surface area contributed by atoms with Gasteiger partial charge in [-0.05, 0) is 31.2 Å². The lowest BCUT2D eigenvalue weighted by Gasteiger charge is -2.09. The van der Waals surface area contributed by atoms with Gasteiger partial charge in [0.1, 0.15) is 6.54 Å². The van der Waals surface area contributed by atoms with Crippen LogP contribution in [0.2, 0.25) is 0 Å². The SMILES string of the molecule is Cc1cccc(C(=O)NCC(=O)OCC(=O)NNC(=O)c2ccccc2)c1. The van der Waals surface area contributed by atoms with Crippen LogP contribution in [-0.2, 0) is 14.3 Å². The highest BCUT2D eigenvalue weighted by Gasteiger charge is 2.12. The van der Waals surface area contributed by atoms with Crippen LogP contribution in [0, 0.1) is 6.92 Å². The number of hydrogen-bond acceptors (Lipinski definition) is 5. The Bertz CT molecular complexity index is 836. The third-order valence-electron chi connectivity index (χ3n) is 3.39. The smallest absolute Gasteiger partial charge is 0.325 e. The summed E-state index contributed by atoms with van der Waals surface area (Å²) in [4.78, 5) is 46.8. The number of carbonyl (C=O) groups excluding carboxylic acids is 4. The van der Waals surface area contributed by atoms with Gasteiger partial charge in [0.25, 0.3) is 17.7 Å². The minimum absolute atomic E-state index is 0.369. The van der Waals surface area contributed by atoms with Crippen molar-refractivity contribution in [3.63, 3.8) is 0 Å². The van der Waals surface area contributed by atoms with Crippen molar-refractivity contribution in [2.45, 2.75) is 6.92 Å². The molecule has 0 bridgehead atoms. The summed E-state index contributed by atoms with van der Waals surface area (Å²) in [5, 5.41) is 2.41. The molecule has 0 saturated carbocycles. The standard InChI is InChI=1S/C19H19N3O5/c1-13-6-5-9-15(10-13)18(25)20-11-17(24)27-12-16(23)21-22-19(26)14-7-3-2-4-8-14/h2-10H,11-12H2,1H3,(H,20,25)(H,21,23)(H,22,26). The molecule has 0 aliphatic heterocycles. The molecule has 2 aromatic carbocycles. The molecule has 0 aromatic heterocycles. The number of amides is 3. The van der Waals surface area contributed by atoms with Crippen molar-refractivity contribution < 1.29 is 23.9 Å². The van der Waals surface area contributed by atoms with Crippen LogP contribution >= 0.6 is 0 Å². The topological polar surface area (TPSA) is 114 Å². The molecule has 0 aliphatic carbocycles. The van der Waals surface area contributed by atoms with Crippen LogP contribution in [0.1, 0.15) is 26.3 Å². The molecule has 8 nitrogen and oxygen atoms in total. The van der Waals surface area contributed by atoms with Crippen LogP contribution in [0.4, 0.5) is 0 Å². The number of aryl methyl sites for hydroxylation is 1. The number of hydrogen-bond donors (Lipinski definition) is 3. The van der Waals surface area contributed by atoms with Crippen LogP contribution in [0.3, 0.4) is 0 Å². The molecule has 2 aromatic rings. The van der Waals surface area contributed by atoms with E-state index in [0.717, 1.165) is 5.56 Å². The third kappa shape index (κ3) is 6.62. The van der Waals surface area contributed by atoms with Gasteiger partial charge >= 0.3 is 5.97 Å². The van der Waals surface area contributed by atoms with Gasteiger partial charge in [0.2, 0.25) is 0 Å². The van der Waals surface area contributed by atoms with Gasteiger partial charge in [-0.3, -0.25) is 30.0 Å². The second kappa shape index (κ2) is 9.71. The molecular weight excluding hydrogens is 350 g/mol. The number of benzene rings is 2. The number of nitrogens with one attached hydrogen (secondary N) is 3. The number of ether oxygens (including phenoxy) is 1. The van der Waals surface area contributed by atoms with E-state index in [4.69, 9.17) is 4.74 Å². The molecule has 140 valence electrons. The van der Waals surface area contributed by atoms with Gasteiger partial charge in [0.05, 0.1) is 0 Å². The van der Waals surface area contributed by atoms with E-state index in [-0.39, 0.29) is 6.54 Å². The molecule has 2 rings (SSSR count). The predicted octanol–water partition coefficient (Wildman–Crippen LogP) is 0.729. The molecule has 8 heteroatoms. The minimum Gasteiger partial charge on any atom is -0.454 e. The summed E-state index contributed by atoms with van der Waals surface area (Å²) in [5.74, 6) is -2.41. The molecule has 27 heavy (non-hydrogen) atoms. The molecule has 0 unspecified atom stereocenters. The second-order valence-electron chi connectivity index (χ2n) is 5.58. The largest absolute Gasteiger partial charge is 0.454 e. The first kappa shape index (κ1) is 19.6. The Balaban J connectivity index is 1.67. The molecule has 0 fully saturated rings. The lowest BCUT2D eigenvalue weighted by molar-refractivity contribution is -0.147. The maximum absolute atomic E-state index is 11.9. The van der Waals surface area contributed by atoms with Crippen molar-refractivity contribution >= 4 is 23.7 Å². The van der Waals surface area contributed by atoms with Crippen molar-refractivity contribution in [1.82, 2.24) is 16.2 Å². The summed E-state index contributed by atoms with van der Waals surface area (Å²) < 4.78 is 4.73. The van der Waals surface area contributed by atoms with Crippen molar-refractivity contribution in [3.05, 3.63) is 71.3 Å². The molecular formula is C19H19N3O5. The summed E-state index contributed by atoms with van der Waals surface area (Å²) >= 11 is 0. The van der Waals surface area contributed by atoms with E-state index in [1.165, 1.54) is 0 Å². The zero-order chi connectivity index (χ0) is 19.6. The first-order chi connectivity index (χ1) is 13.0. The van der Waals surface area contributed by atoms with E-state index in [1.807, 2.05) is 13.0 Å². The lowest BCUT2D eigenvalue weighted by Crippen LogP contribution is -2.44. The summed E-state index contributed by atoms with van der Waals surface area (Å²) in [6, 6.07) is 15.2. The molecule has 0 aliphatic rings. The van der Waals surface area contributed by atoms with E-state index < -0.39 is 30.3 Å². The zero-order valence-corrected chi connectivity index (χ0v) is 14.7. The lowest BCUT2D eigenvalue weighted by atomic mass is 10.1. The molecule has 3 N–H and O–H groups in total. The highest BCUT2D eigenvalue weighted by Crippen LogP contribution is 2.03. The Morgan fingerprint density at radius 2 is 1.56 bits per heavy atom. The molecule has 0 spiro atoms. The molecule has 0 saturated heterocycles. The fourth-order valence-corrected chi connectivity index (χ4v) is 2.06. The highest BCUT2D eigenvalue weighted by molar-refractivity contribution is 5.96. The Kier molecular flexibility index (Phi) is 7.07. The Hall–Kier alpha value is -3.68. The Morgan fingerprint density at radius 3 is 2.26 bits per heavy atom. The summed E-state index contributed by atoms with van der Waals surface area (Å²) in [7, 11) is 0. The first-order valence-corrected chi connectivity index (χ1v) is 8.10. The van der Waals surface area contributed by atoms with Gasteiger partial charge in [0.15, 0.2) is 6.61 Å². The average molecular weight is 369 g/mol. The molecule has 0 heterocycles. The molecule has 0 atom stereocenters. The van der Waals surface area contributed by atoms with Crippen molar-refractivity contribution in [2.24, 2.45) is 0 Å². The fourth-order valence-electron chi connectivity index (χ4n) is 2.06. The van der Waals surface area contributed by atoms with Gasteiger partial charge in [-0.15, -0.1) is 0 Å². The first-order valence-electron chi connectivity index (χ1n) is 8.10. The quantitative estimate of drug-likeness (QED) is 0.513. The fraction of sp³-hybridized carbons (Fsp3) is 0.158. The van der Waals surface area contributed by atoms with E-state index in [1.54, 1.807) is 48.5 Å². The van der Waals surface area contributed by atoms with Gasteiger partial charge < -0.3 is 10.1 Å². The minimum atomic E-state index is -0.777. The second-order valence-corrected chi connectivity index (χ2v) is 5.58. The van der Waals surface area contributed by atoms with E-state index in [2.05, 4.69) is 16.2 Å². The summed E-state index contributed by atoms with van der Waals surface area (Å²) in [6.07, 6.45) is 0. The Morgan fingerprint density at radius 1 is 0.852 bits per heavy atom. The van der Waals surface area contributed by atoms with Crippen molar-refractivity contribution in [1.29, 1.82) is 0 Å². The number of rotatable bonds is 6. The maximum atomic E-state index is 11.9. The Labute approximate surface area is 155 Å². The summed E-state index contributed by atoms with van der Waals surface area (Å²) in [5.41, 5.74) is 6.04. The number of carbonyl (C=O) groups is 4. The van der Waals surface area contributed by atoms with Gasteiger partial charge in [0, 0.05) is 11.1 Å². The normalized spacial score (nSPS) is 9.81. The van der Waals surface area contributed by atoms with Crippen LogP contribution < -0.4 is 16.2 Å². The van der Waals surface area contributed by atoms with Gasteiger partial charge in [-0.1, -0.05) is 35.9 Å². The summed E-state index contributed by atoms with van der Waals surface area (Å²) in [6.45, 7) is 0.880. The van der Waals surface area contributed by atoms with E-state index >= 15 is 0 Å². The predicted molar refractivity (Wildman–Crippen MR) is 96.5 cm³/mol. The molecule has 0 radical (unpaired) electrons. The average Bonchev–Trinajstić information content (AvgIpc) is 2.69. The number of hydrazine groups is 1. The van der Waals surface area contributed by atoms with E-state index in [9.17, 15) is 19.2 Å². The third-order valence-corrected chi connectivity index (χ3v) is 3.39. The monoisotopic (exact) mass is 369 g/mol. The van der Waals surface area contributed by atoms with Crippen LogP contribution in [0.5, 0.6) is 0 Å². The van der Waals surface area contributed by atoms with E-state index in [0.29, 0.717) is 11.1 Å². The highest BCUT2D eigenvalue weighted by atomic mass is 16.5. The van der Waals surface area contributed by atoms with Crippen molar-refractivity contribution in [3.8, 4) is 0 Å². The van der Waals surface area contributed by atoms with Crippen LogP contribution in [0.25, 0.3) is 0 Å². The van der Waals surface area contributed by atoms with Crippen LogP contribution in [0.15, 0.2) is 54.6 Å². The number of esters is 1. The van der Waals surface area contributed by atoms with Crippen molar-refractivity contribution in [2.75, 3.05) is 13.2 Å². The maximum Gasteiger partial charge on any atom is 0.325 e. The van der Waals surface area contributed by atoms with Gasteiger partial charge in [-0.2, -0.15) is 0 Å². The molecule has 3 amide bonds. The zero-order valence-electron chi connectivity index (χ0n) is 14.7. The van der Waals surface area contributed by atoms with Gasteiger partial charge in [-0.25, -0.2) is 0 Å².